The van der Waals surface area contributed by atoms with E-state index in [4.69, 9.17) is 11.6 Å². The number of rotatable bonds is 1. The number of hydrogen-bond donors (Lipinski definition) is 0. The molecule has 0 aliphatic rings. The van der Waals surface area contributed by atoms with Gasteiger partial charge in [0.2, 0.25) is 0 Å². The van der Waals surface area contributed by atoms with Gasteiger partial charge in [-0.2, -0.15) is 39.5 Å². The van der Waals surface area contributed by atoms with Gasteiger partial charge in [-0.25, -0.2) is 0 Å². The monoisotopic (exact) mass is 344 g/mol. The molecule has 0 amide bonds. The minimum atomic E-state index is -5.64. The van der Waals surface area contributed by atoms with Crippen molar-refractivity contribution in [3.8, 4) is 0 Å². The molecule has 0 aliphatic carbocycles. The van der Waals surface area contributed by atoms with Crippen molar-refractivity contribution >= 4 is 17.4 Å². The van der Waals surface area contributed by atoms with Gasteiger partial charge in [-0.05, 0) is 12.1 Å². The van der Waals surface area contributed by atoms with Gasteiger partial charge in [-0.3, -0.25) is 4.79 Å². The maximum absolute atomic E-state index is 12.5. The molecule has 0 N–H and O–H groups in total. The molecule has 0 fully saturated rings. The number of hydrogen-bond acceptors (Lipinski definition) is 1. The Hall–Kier alpha value is -1.45. The van der Waals surface area contributed by atoms with Crippen LogP contribution < -0.4 is 0 Å². The highest BCUT2D eigenvalue weighted by Gasteiger charge is 2.47. The summed E-state index contributed by atoms with van der Waals surface area (Å²) in [5.74, 6) is -2.73. The summed E-state index contributed by atoms with van der Waals surface area (Å²) in [6.45, 7) is 0. The minimum Gasteiger partial charge on any atom is -0.284 e. The average molecular weight is 345 g/mol. The molecule has 118 valence electrons. The Labute approximate surface area is 115 Å². The van der Waals surface area contributed by atoms with E-state index in [-0.39, 0.29) is 6.07 Å². The molecular formula is C10H2ClF9O. The third-order valence-corrected chi connectivity index (χ3v) is 2.50. The van der Waals surface area contributed by atoms with Crippen LogP contribution in [0.3, 0.4) is 0 Å². The molecule has 0 aromatic heterocycles. The Morgan fingerprint density at radius 2 is 1.33 bits per heavy atom. The van der Waals surface area contributed by atoms with Gasteiger partial charge in [0.15, 0.2) is 0 Å². The summed E-state index contributed by atoms with van der Waals surface area (Å²) in [5, 5.41) is -1.65. The Balaban J connectivity index is 3.66. The van der Waals surface area contributed by atoms with Crippen molar-refractivity contribution in [1.82, 2.24) is 0 Å². The molecule has 1 nitrogen and oxygen atoms in total. The highest BCUT2D eigenvalue weighted by Crippen LogP contribution is 2.44. The van der Waals surface area contributed by atoms with Crippen LogP contribution in [0.15, 0.2) is 12.1 Å². The van der Waals surface area contributed by atoms with Gasteiger partial charge in [-0.1, -0.05) is 11.6 Å². The van der Waals surface area contributed by atoms with Crippen LogP contribution in [-0.4, -0.2) is 12.0 Å². The number of alkyl halides is 9. The summed E-state index contributed by atoms with van der Waals surface area (Å²) in [5.41, 5.74) is -6.45. The van der Waals surface area contributed by atoms with Crippen molar-refractivity contribution in [3.63, 3.8) is 0 Å². The number of halogens is 10. The Morgan fingerprint density at radius 1 is 0.857 bits per heavy atom. The van der Waals surface area contributed by atoms with Gasteiger partial charge in [0, 0.05) is 5.56 Å². The van der Waals surface area contributed by atoms with E-state index in [1.165, 1.54) is 0 Å². The van der Waals surface area contributed by atoms with Crippen molar-refractivity contribution in [1.29, 1.82) is 0 Å². The molecule has 1 aromatic carbocycles. The van der Waals surface area contributed by atoms with E-state index in [1.807, 2.05) is 0 Å². The summed E-state index contributed by atoms with van der Waals surface area (Å²) in [6.07, 6.45) is -16.7. The van der Waals surface area contributed by atoms with E-state index in [1.54, 1.807) is 0 Å². The molecule has 1 rings (SSSR count). The van der Waals surface area contributed by atoms with Crippen molar-refractivity contribution in [3.05, 3.63) is 33.8 Å². The summed E-state index contributed by atoms with van der Waals surface area (Å²) >= 11 is 4.98. The third kappa shape index (κ3) is 3.80. The highest BCUT2D eigenvalue weighted by atomic mass is 35.5. The molecule has 0 aliphatic heterocycles. The summed E-state index contributed by atoms with van der Waals surface area (Å²) in [6, 6.07) is -0.625. The van der Waals surface area contributed by atoms with Crippen LogP contribution in [0.1, 0.15) is 21.5 Å². The summed E-state index contributed by atoms with van der Waals surface area (Å²) in [4.78, 5) is 10.8. The van der Waals surface area contributed by atoms with Crippen LogP contribution in [0.5, 0.6) is 0 Å². The molecule has 0 saturated carbocycles. The lowest BCUT2D eigenvalue weighted by molar-refractivity contribution is -0.162. The second-order valence-corrected chi connectivity index (χ2v) is 4.11. The first-order valence-corrected chi connectivity index (χ1v) is 5.13. The quantitative estimate of drug-likeness (QED) is 0.510. The third-order valence-electron chi connectivity index (χ3n) is 2.20. The molecular weight excluding hydrogens is 343 g/mol. The van der Waals surface area contributed by atoms with Crippen LogP contribution in [-0.2, 0) is 12.4 Å². The van der Waals surface area contributed by atoms with Crippen molar-refractivity contribution in [2.75, 3.05) is 0 Å². The first kappa shape index (κ1) is 17.6. The zero-order chi connectivity index (χ0) is 16.8. The predicted octanol–water partition coefficient (Wildman–Crippen LogP) is 5.12. The second-order valence-electron chi connectivity index (χ2n) is 3.70. The van der Waals surface area contributed by atoms with E-state index in [0.717, 1.165) is 0 Å². The molecule has 11 heteroatoms. The number of Topliss-reactive ketones (excluding diaryl/α,β-unsaturated/α-hetero) is 1. The average Bonchev–Trinajstić information content (AvgIpc) is 2.22. The fourth-order valence-electron chi connectivity index (χ4n) is 1.41. The lowest BCUT2D eigenvalue weighted by atomic mass is 10.00. The van der Waals surface area contributed by atoms with Crippen LogP contribution >= 0.6 is 11.6 Å². The second kappa shape index (κ2) is 5.08. The SMILES string of the molecule is O=C(c1cc(Cl)c(C(F)(F)F)c(C(F)(F)F)c1)C(F)(F)F. The number of carbonyl (C=O) groups is 1. The van der Waals surface area contributed by atoms with E-state index >= 15 is 0 Å². The standard InChI is InChI=1S/C10H2ClF9O/c11-5-2-3(7(21)10(18,19)20)1-4(8(12,13)14)6(5)9(15,16)17/h1-2H. The van der Waals surface area contributed by atoms with E-state index in [2.05, 4.69) is 0 Å². The highest BCUT2D eigenvalue weighted by molar-refractivity contribution is 6.32. The van der Waals surface area contributed by atoms with Gasteiger partial charge < -0.3 is 0 Å². The molecule has 21 heavy (non-hydrogen) atoms. The molecule has 0 atom stereocenters. The zero-order valence-corrected chi connectivity index (χ0v) is 10.1. The maximum Gasteiger partial charge on any atom is 0.454 e. The molecule has 0 bridgehead atoms. The topological polar surface area (TPSA) is 17.1 Å². The molecule has 0 radical (unpaired) electrons. The van der Waals surface area contributed by atoms with Crippen LogP contribution in [0.4, 0.5) is 39.5 Å². The number of benzene rings is 1. The van der Waals surface area contributed by atoms with Crippen LogP contribution in [0.2, 0.25) is 5.02 Å². The lowest BCUT2D eigenvalue weighted by Gasteiger charge is -2.18. The Bertz CT molecular complexity index is 568. The molecule has 0 unspecified atom stereocenters. The molecule has 0 spiro atoms. The molecule has 1 aromatic rings. The largest absolute Gasteiger partial charge is 0.454 e. The van der Waals surface area contributed by atoms with Gasteiger partial charge in [-0.15, -0.1) is 0 Å². The normalized spacial score (nSPS) is 13.4. The van der Waals surface area contributed by atoms with Crippen molar-refractivity contribution in [2.45, 2.75) is 18.5 Å². The first-order chi connectivity index (χ1) is 9.15. The van der Waals surface area contributed by atoms with Gasteiger partial charge in [0.1, 0.15) is 0 Å². The Kier molecular flexibility index (Phi) is 4.25. The van der Waals surface area contributed by atoms with Gasteiger partial charge in [0.05, 0.1) is 16.1 Å². The van der Waals surface area contributed by atoms with E-state index in [9.17, 15) is 44.3 Å². The summed E-state index contributed by atoms with van der Waals surface area (Å²) < 4.78 is 112. The minimum absolute atomic E-state index is 0.102. The van der Waals surface area contributed by atoms with E-state index in [0.29, 0.717) is 0 Å². The van der Waals surface area contributed by atoms with Crippen LogP contribution in [0, 0.1) is 0 Å². The smallest absolute Gasteiger partial charge is 0.284 e. The van der Waals surface area contributed by atoms with Crippen LogP contribution in [0.25, 0.3) is 0 Å². The van der Waals surface area contributed by atoms with Crippen molar-refractivity contribution < 1.29 is 44.3 Å². The molecule has 0 saturated heterocycles. The zero-order valence-electron chi connectivity index (χ0n) is 9.34. The molecule has 0 heterocycles. The predicted molar refractivity (Wildman–Crippen MR) is 51.8 cm³/mol. The first-order valence-electron chi connectivity index (χ1n) is 4.75. The fraction of sp³-hybridized carbons (Fsp3) is 0.300. The van der Waals surface area contributed by atoms with Gasteiger partial charge in [0.25, 0.3) is 5.78 Å². The van der Waals surface area contributed by atoms with E-state index < -0.39 is 52.1 Å². The number of carbonyl (C=O) groups excluding carboxylic acids is 1. The van der Waals surface area contributed by atoms with Gasteiger partial charge >= 0.3 is 18.5 Å². The van der Waals surface area contributed by atoms with Crippen molar-refractivity contribution in [2.24, 2.45) is 0 Å². The Morgan fingerprint density at radius 3 is 1.67 bits per heavy atom. The lowest BCUT2D eigenvalue weighted by Crippen LogP contribution is -2.25. The summed E-state index contributed by atoms with van der Waals surface area (Å²) in [7, 11) is 0. The maximum atomic E-state index is 12.5. The number of ketones is 1. The fourth-order valence-corrected chi connectivity index (χ4v) is 1.74.